The van der Waals surface area contributed by atoms with E-state index < -0.39 is 0 Å². The first-order valence-electron chi connectivity index (χ1n) is 7.15. The average Bonchev–Trinajstić information content (AvgIpc) is 2.53. The molecule has 0 saturated heterocycles. The Hall–Kier alpha value is -2.37. The van der Waals surface area contributed by atoms with Gasteiger partial charge in [-0.1, -0.05) is 23.2 Å². The molecule has 0 saturated carbocycles. The molecule has 0 spiro atoms. The van der Waals surface area contributed by atoms with Crippen LogP contribution in [-0.4, -0.2) is 15.5 Å². The molecular weight excluding hydrogens is 349 g/mol. The van der Waals surface area contributed by atoms with Crippen LogP contribution in [0.25, 0.3) is 10.9 Å². The Balaban J connectivity index is 1.85. The van der Waals surface area contributed by atoms with Gasteiger partial charge in [0.2, 0.25) is 5.91 Å². The van der Waals surface area contributed by atoms with Gasteiger partial charge in [0.1, 0.15) is 6.54 Å². The Kier molecular flexibility index (Phi) is 4.55. The summed E-state index contributed by atoms with van der Waals surface area (Å²) in [4.78, 5) is 28.8. The molecule has 3 rings (SSSR count). The second kappa shape index (κ2) is 6.63. The van der Waals surface area contributed by atoms with Crippen LogP contribution in [0, 0.1) is 6.92 Å². The smallest absolute Gasteiger partial charge is 0.261 e. The Morgan fingerprint density at radius 1 is 1.17 bits per heavy atom. The molecule has 1 heterocycles. The second-order valence-corrected chi connectivity index (χ2v) is 6.22. The first-order chi connectivity index (χ1) is 11.4. The first-order valence-corrected chi connectivity index (χ1v) is 7.90. The van der Waals surface area contributed by atoms with Crippen molar-refractivity contribution in [1.29, 1.82) is 0 Å². The zero-order chi connectivity index (χ0) is 17.3. The monoisotopic (exact) mass is 361 g/mol. The van der Waals surface area contributed by atoms with Gasteiger partial charge in [-0.15, -0.1) is 0 Å². The van der Waals surface area contributed by atoms with E-state index in [1.54, 1.807) is 36.4 Å². The SMILES string of the molecule is Cc1cc(Cl)ccc1NC(=O)Cn1cnc2ccc(Cl)cc2c1=O. The fourth-order valence-corrected chi connectivity index (χ4v) is 2.75. The third-order valence-electron chi connectivity index (χ3n) is 3.56. The number of anilines is 1. The van der Waals surface area contributed by atoms with Crippen molar-refractivity contribution in [2.24, 2.45) is 0 Å². The summed E-state index contributed by atoms with van der Waals surface area (Å²) >= 11 is 11.8. The molecule has 1 aromatic heterocycles. The first kappa shape index (κ1) is 16.5. The van der Waals surface area contributed by atoms with Gasteiger partial charge in [0.25, 0.3) is 5.56 Å². The summed E-state index contributed by atoms with van der Waals surface area (Å²) < 4.78 is 1.25. The maximum absolute atomic E-state index is 12.4. The largest absolute Gasteiger partial charge is 0.324 e. The lowest BCUT2D eigenvalue weighted by molar-refractivity contribution is -0.116. The highest BCUT2D eigenvalue weighted by Crippen LogP contribution is 2.19. The number of nitrogens with one attached hydrogen (secondary N) is 1. The molecule has 0 atom stereocenters. The van der Waals surface area contributed by atoms with Crippen LogP contribution in [0.4, 0.5) is 5.69 Å². The maximum atomic E-state index is 12.4. The number of rotatable bonds is 3. The molecule has 0 aliphatic carbocycles. The summed E-state index contributed by atoms with van der Waals surface area (Å²) in [6.07, 6.45) is 1.35. The van der Waals surface area contributed by atoms with Gasteiger partial charge in [0.05, 0.1) is 17.2 Å². The number of amides is 1. The summed E-state index contributed by atoms with van der Waals surface area (Å²) in [6, 6.07) is 10.0. The molecule has 0 aliphatic rings. The molecule has 0 bridgehead atoms. The van der Waals surface area contributed by atoms with E-state index in [2.05, 4.69) is 10.3 Å². The molecule has 0 unspecified atom stereocenters. The molecule has 1 N–H and O–H groups in total. The topological polar surface area (TPSA) is 64.0 Å². The second-order valence-electron chi connectivity index (χ2n) is 5.35. The molecule has 0 aliphatic heterocycles. The Morgan fingerprint density at radius 3 is 2.62 bits per heavy atom. The van der Waals surface area contributed by atoms with E-state index in [1.807, 2.05) is 6.92 Å². The van der Waals surface area contributed by atoms with E-state index in [1.165, 1.54) is 10.9 Å². The number of hydrogen-bond acceptors (Lipinski definition) is 3. The fraction of sp³-hybridized carbons (Fsp3) is 0.118. The standard InChI is InChI=1S/C17H13Cl2N3O2/c1-10-6-11(18)2-4-14(10)21-16(23)8-22-9-20-15-5-3-12(19)7-13(15)17(22)24/h2-7,9H,8H2,1H3,(H,21,23). The number of carbonyl (C=O) groups excluding carboxylic acids is 1. The van der Waals surface area contributed by atoms with Crippen molar-refractivity contribution in [3.63, 3.8) is 0 Å². The van der Waals surface area contributed by atoms with Crippen LogP contribution in [0.1, 0.15) is 5.56 Å². The predicted molar refractivity (Wildman–Crippen MR) is 95.8 cm³/mol. The zero-order valence-electron chi connectivity index (χ0n) is 12.7. The van der Waals surface area contributed by atoms with Crippen molar-refractivity contribution in [2.75, 3.05) is 5.32 Å². The van der Waals surface area contributed by atoms with Crippen molar-refractivity contribution in [3.05, 3.63) is 68.7 Å². The minimum atomic E-state index is -0.328. The third kappa shape index (κ3) is 3.42. The van der Waals surface area contributed by atoms with Crippen molar-refractivity contribution in [2.45, 2.75) is 13.5 Å². The summed E-state index contributed by atoms with van der Waals surface area (Å²) in [7, 11) is 0. The summed E-state index contributed by atoms with van der Waals surface area (Å²) in [6.45, 7) is 1.70. The number of aromatic nitrogens is 2. The minimum absolute atomic E-state index is 0.143. The summed E-state index contributed by atoms with van der Waals surface area (Å²) in [5.74, 6) is -0.328. The average molecular weight is 362 g/mol. The molecule has 1 amide bonds. The Bertz CT molecular complexity index is 999. The molecular formula is C17H13Cl2N3O2. The predicted octanol–water partition coefficient (Wildman–Crippen LogP) is 3.65. The number of fused-ring (bicyclic) bond motifs is 1. The van der Waals surface area contributed by atoms with Gasteiger partial charge in [-0.25, -0.2) is 4.98 Å². The molecule has 2 aromatic carbocycles. The van der Waals surface area contributed by atoms with Crippen LogP contribution in [-0.2, 0) is 11.3 Å². The Labute approximate surface area is 147 Å². The summed E-state index contributed by atoms with van der Waals surface area (Å²) in [5, 5.41) is 4.18. The Morgan fingerprint density at radius 2 is 1.88 bits per heavy atom. The number of benzene rings is 2. The van der Waals surface area contributed by atoms with Crippen LogP contribution >= 0.6 is 23.2 Å². The molecule has 5 nitrogen and oxygen atoms in total. The van der Waals surface area contributed by atoms with Crippen LogP contribution in [0.3, 0.4) is 0 Å². The van der Waals surface area contributed by atoms with E-state index >= 15 is 0 Å². The third-order valence-corrected chi connectivity index (χ3v) is 4.03. The fourth-order valence-electron chi connectivity index (χ4n) is 2.36. The summed E-state index contributed by atoms with van der Waals surface area (Å²) in [5.41, 5.74) is 1.71. The van der Waals surface area contributed by atoms with Gasteiger partial charge in [-0.2, -0.15) is 0 Å². The normalized spacial score (nSPS) is 10.8. The maximum Gasteiger partial charge on any atom is 0.261 e. The number of halogens is 2. The van der Waals surface area contributed by atoms with Gasteiger partial charge < -0.3 is 5.32 Å². The van der Waals surface area contributed by atoms with Crippen molar-refractivity contribution < 1.29 is 4.79 Å². The van der Waals surface area contributed by atoms with Crippen LogP contribution in [0.15, 0.2) is 47.5 Å². The molecule has 0 radical (unpaired) electrons. The quantitative estimate of drug-likeness (QED) is 0.774. The zero-order valence-corrected chi connectivity index (χ0v) is 14.2. The molecule has 122 valence electrons. The molecule has 0 fully saturated rings. The number of carbonyl (C=O) groups is 1. The van der Waals surface area contributed by atoms with E-state index in [9.17, 15) is 9.59 Å². The van der Waals surface area contributed by atoms with E-state index in [0.717, 1.165) is 5.56 Å². The van der Waals surface area contributed by atoms with Crippen LogP contribution in [0.5, 0.6) is 0 Å². The van der Waals surface area contributed by atoms with Crippen LogP contribution in [0.2, 0.25) is 10.0 Å². The molecule has 7 heteroatoms. The van der Waals surface area contributed by atoms with E-state index in [4.69, 9.17) is 23.2 Å². The van der Waals surface area contributed by atoms with Crippen molar-refractivity contribution in [1.82, 2.24) is 9.55 Å². The highest BCUT2D eigenvalue weighted by Gasteiger charge is 2.10. The highest BCUT2D eigenvalue weighted by atomic mass is 35.5. The van der Waals surface area contributed by atoms with Gasteiger partial charge in [0.15, 0.2) is 0 Å². The van der Waals surface area contributed by atoms with E-state index in [0.29, 0.717) is 26.6 Å². The minimum Gasteiger partial charge on any atom is -0.324 e. The van der Waals surface area contributed by atoms with E-state index in [-0.39, 0.29) is 18.0 Å². The van der Waals surface area contributed by atoms with Gasteiger partial charge in [-0.3, -0.25) is 14.2 Å². The van der Waals surface area contributed by atoms with Crippen molar-refractivity contribution in [3.8, 4) is 0 Å². The lowest BCUT2D eigenvalue weighted by Gasteiger charge is -2.10. The number of aryl methyl sites for hydroxylation is 1. The highest BCUT2D eigenvalue weighted by molar-refractivity contribution is 6.31. The lowest BCUT2D eigenvalue weighted by Crippen LogP contribution is -2.28. The molecule has 24 heavy (non-hydrogen) atoms. The van der Waals surface area contributed by atoms with Gasteiger partial charge in [0, 0.05) is 15.7 Å². The van der Waals surface area contributed by atoms with Crippen LogP contribution < -0.4 is 10.9 Å². The van der Waals surface area contributed by atoms with Crippen molar-refractivity contribution >= 4 is 45.7 Å². The van der Waals surface area contributed by atoms with Gasteiger partial charge >= 0.3 is 0 Å². The number of nitrogens with zero attached hydrogens (tertiary/aromatic N) is 2. The lowest BCUT2D eigenvalue weighted by atomic mass is 10.2. The van der Waals surface area contributed by atoms with Gasteiger partial charge in [-0.05, 0) is 48.9 Å². The number of hydrogen-bond donors (Lipinski definition) is 1. The molecule has 3 aromatic rings.